The number of fused-ring (bicyclic) bond motifs is 1. The Labute approximate surface area is 148 Å². The molecular weight excluding hydrogens is 344 g/mol. The molecule has 124 valence electrons. The van der Waals surface area contributed by atoms with Gasteiger partial charge in [0.1, 0.15) is 11.5 Å². The Kier molecular flexibility index (Phi) is 5.22. The molecule has 1 heterocycles. The summed E-state index contributed by atoms with van der Waals surface area (Å²) in [6.45, 7) is 0. The number of nitrogens with one attached hydrogen (secondary N) is 1. The van der Waals surface area contributed by atoms with E-state index in [4.69, 9.17) is 9.47 Å². The smallest absolute Gasteiger partial charge is 0.236 e. The summed E-state index contributed by atoms with van der Waals surface area (Å²) in [5, 5.41) is 3.43. The van der Waals surface area contributed by atoms with Gasteiger partial charge in [-0.2, -0.15) is 0 Å². The van der Waals surface area contributed by atoms with Gasteiger partial charge in [0.05, 0.1) is 30.2 Å². The first-order chi connectivity index (χ1) is 11.7. The average Bonchev–Trinajstić information content (AvgIpc) is 3.01. The number of rotatable bonds is 6. The zero-order valence-electron chi connectivity index (χ0n) is 13.2. The number of carbonyl (C=O) groups excluding carboxylic acids is 1. The fourth-order valence-electron chi connectivity index (χ4n) is 2.12. The Bertz CT molecular complexity index is 864. The molecular formula is C17H16N2O3S2. The molecule has 0 aliphatic heterocycles. The van der Waals surface area contributed by atoms with Crippen LogP contribution in [0.25, 0.3) is 10.2 Å². The van der Waals surface area contributed by atoms with Gasteiger partial charge in [-0.15, -0.1) is 11.8 Å². The van der Waals surface area contributed by atoms with Gasteiger partial charge in [0.2, 0.25) is 5.91 Å². The van der Waals surface area contributed by atoms with E-state index in [0.29, 0.717) is 10.9 Å². The second-order valence-electron chi connectivity index (χ2n) is 4.84. The molecule has 24 heavy (non-hydrogen) atoms. The molecule has 3 rings (SSSR count). The van der Waals surface area contributed by atoms with Crippen LogP contribution in [0.2, 0.25) is 0 Å². The second-order valence-corrected chi connectivity index (χ2v) is 6.89. The molecule has 0 aliphatic rings. The SMILES string of the molecule is COc1ccc2nc(NC(=O)CSc3ccccc3OC)sc2c1. The molecule has 7 heteroatoms. The summed E-state index contributed by atoms with van der Waals surface area (Å²) in [6.07, 6.45) is 0. The standard InChI is InChI=1S/C17H16N2O3S2/c1-21-11-7-8-12-15(9-11)24-17(18-12)19-16(20)10-23-14-6-4-3-5-13(14)22-2/h3-9H,10H2,1-2H3,(H,18,19,20). The number of carbonyl (C=O) groups is 1. The molecule has 0 atom stereocenters. The third-order valence-electron chi connectivity index (χ3n) is 3.27. The zero-order valence-corrected chi connectivity index (χ0v) is 14.9. The van der Waals surface area contributed by atoms with Crippen molar-refractivity contribution in [1.29, 1.82) is 0 Å². The lowest BCUT2D eigenvalue weighted by atomic mass is 10.3. The highest BCUT2D eigenvalue weighted by atomic mass is 32.2. The lowest BCUT2D eigenvalue weighted by Gasteiger charge is -2.07. The molecule has 0 spiro atoms. The molecule has 2 aromatic carbocycles. The molecule has 1 amide bonds. The van der Waals surface area contributed by atoms with Crippen molar-refractivity contribution in [2.24, 2.45) is 0 Å². The number of aromatic nitrogens is 1. The largest absolute Gasteiger partial charge is 0.497 e. The second kappa shape index (κ2) is 7.55. The molecule has 0 radical (unpaired) electrons. The number of benzene rings is 2. The Balaban J connectivity index is 1.64. The van der Waals surface area contributed by atoms with E-state index in [1.165, 1.54) is 23.1 Å². The number of thiazole rings is 1. The molecule has 0 saturated carbocycles. The quantitative estimate of drug-likeness (QED) is 0.672. The van der Waals surface area contributed by atoms with Crippen molar-refractivity contribution >= 4 is 44.4 Å². The van der Waals surface area contributed by atoms with Crippen LogP contribution < -0.4 is 14.8 Å². The minimum atomic E-state index is -0.100. The van der Waals surface area contributed by atoms with Gasteiger partial charge < -0.3 is 14.8 Å². The van der Waals surface area contributed by atoms with Gasteiger partial charge in [0.15, 0.2) is 5.13 Å². The topological polar surface area (TPSA) is 60.5 Å². The van der Waals surface area contributed by atoms with Crippen molar-refractivity contribution in [3.63, 3.8) is 0 Å². The Morgan fingerprint density at radius 3 is 2.83 bits per heavy atom. The fourth-order valence-corrected chi connectivity index (χ4v) is 3.86. The number of anilines is 1. The van der Waals surface area contributed by atoms with Crippen molar-refractivity contribution in [2.75, 3.05) is 25.3 Å². The number of nitrogens with zero attached hydrogens (tertiary/aromatic N) is 1. The van der Waals surface area contributed by atoms with E-state index in [1.54, 1.807) is 14.2 Å². The van der Waals surface area contributed by atoms with E-state index in [0.717, 1.165) is 26.6 Å². The number of ether oxygens (including phenoxy) is 2. The number of hydrogen-bond acceptors (Lipinski definition) is 6. The summed E-state index contributed by atoms with van der Waals surface area (Å²) >= 11 is 2.86. The van der Waals surface area contributed by atoms with Crippen LogP contribution >= 0.6 is 23.1 Å². The van der Waals surface area contributed by atoms with E-state index in [1.807, 2.05) is 42.5 Å². The van der Waals surface area contributed by atoms with Crippen LogP contribution in [0.4, 0.5) is 5.13 Å². The monoisotopic (exact) mass is 360 g/mol. The summed E-state index contributed by atoms with van der Waals surface area (Å²) in [6, 6.07) is 13.3. The molecule has 0 saturated heterocycles. The van der Waals surface area contributed by atoms with E-state index >= 15 is 0 Å². The van der Waals surface area contributed by atoms with Gasteiger partial charge in [0, 0.05) is 4.90 Å². The minimum absolute atomic E-state index is 0.100. The number of amides is 1. The summed E-state index contributed by atoms with van der Waals surface area (Å²) in [5.41, 5.74) is 0.841. The van der Waals surface area contributed by atoms with Crippen LogP contribution in [0.3, 0.4) is 0 Å². The summed E-state index contributed by atoms with van der Waals surface area (Å²) in [4.78, 5) is 17.5. The molecule has 1 N–H and O–H groups in total. The predicted molar refractivity (Wildman–Crippen MR) is 98.5 cm³/mol. The maximum Gasteiger partial charge on any atom is 0.236 e. The fraction of sp³-hybridized carbons (Fsp3) is 0.176. The summed E-state index contributed by atoms with van der Waals surface area (Å²) in [5.74, 6) is 1.73. The molecule has 3 aromatic rings. The summed E-state index contributed by atoms with van der Waals surface area (Å²) < 4.78 is 11.5. The molecule has 0 unspecified atom stereocenters. The Morgan fingerprint density at radius 2 is 2.04 bits per heavy atom. The lowest BCUT2D eigenvalue weighted by molar-refractivity contribution is -0.113. The van der Waals surface area contributed by atoms with Gasteiger partial charge in [-0.05, 0) is 30.3 Å². The van der Waals surface area contributed by atoms with E-state index in [-0.39, 0.29) is 5.91 Å². The van der Waals surface area contributed by atoms with Crippen molar-refractivity contribution in [1.82, 2.24) is 4.98 Å². The van der Waals surface area contributed by atoms with Gasteiger partial charge in [-0.3, -0.25) is 4.79 Å². The highest BCUT2D eigenvalue weighted by molar-refractivity contribution is 8.00. The normalized spacial score (nSPS) is 10.6. The van der Waals surface area contributed by atoms with Crippen molar-refractivity contribution in [2.45, 2.75) is 4.90 Å². The van der Waals surface area contributed by atoms with Crippen molar-refractivity contribution < 1.29 is 14.3 Å². The first-order valence-corrected chi connectivity index (χ1v) is 9.00. The van der Waals surface area contributed by atoms with Crippen LogP contribution in [0.1, 0.15) is 0 Å². The number of para-hydroxylation sites is 1. The van der Waals surface area contributed by atoms with Gasteiger partial charge in [-0.1, -0.05) is 23.5 Å². The maximum atomic E-state index is 12.2. The highest BCUT2D eigenvalue weighted by Gasteiger charge is 2.10. The molecule has 0 bridgehead atoms. The predicted octanol–water partition coefficient (Wildman–Crippen LogP) is 4.04. The number of methoxy groups -OCH3 is 2. The molecule has 0 fully saturated rings. The van der Waals surface area contributed by atoms with Crippen LogP contribution in [0.5, 0.6) is 11.5 Å². The van der Waals surface area contributed by atoms with Crippen LogP contribution in [0, 0.1) is 0 Å². The van der Waals surface area contributed by atoms with Crippen LogP contribution in [-0.2, 0) is 4.79 Å². The van der Waals surface area contributed by atoms with Crippen molar-refractivity contribution in [3.05, 3.63) is 42.5 Å². The summed E-state index contributed by atoms with van der Waals surface area (Å²) in [7, 11) is 3.24. The third kappa shape index (κ3) is 3.80. The van der Waals surface area contributed by atoms with E-state index in [9.17, 15) is 4.79 Å². The Morgan fingerprint density at radius 1 is 1.21 bits per heavy atom. The zero-order chi connectivity index (χ0) is 16.9. The van der Waals surface area contributed by atoms with Gasteiger partial charge in [-0.25, -0.2) is 4.98 Å². The third-order valence-corrected chi connectivity index (χ3v) is 5.26. The minimum Gasteiger partial charge on any atom is -0.497 e. The number of thioether (sulfide) groups is 1. The molecule has 5 nitrogen and oxygen atoms in total. The number of hydrogen-bond donors (Lipinski definition) is 1. The van der Waals surface area contributed by atoms with Crippen molar-refractivity contribution in [3.8, 4) is 11.5 Å². The van der Waals surface area contributed by atoms with Gasteiger partial charge >= 0.3 is 0 Å². The van der Waals surface area contributed by atoms with Gasteiger partial charge in [0.25, 0.3) is 0 Å². The van der Waals surface area contributed by atoms with E-state index in [2.05, 4.69) is 10.3 Å². The van der Waals surface area contributed by atoms with Crippen LogP contribution in [0.15, 0.2) is 47.4 Å². The maximum absolute atomic E-state index is 12.2. The average molecular weight is 360 g/mol. The van der Waals surface area contributed by atoms with E-state index < -0.39 is 0 Å². The molecule has 0 aliphatic carbocycles. The lowest BCUT2D eigenvalue weighted by Crippen LogP contribution is -2.13. The molecule has 1 aromatic heterocycles. The Hall–Kier alpha value is -2.25. The first-order valence-electron chi connectivity index (χ1n) is 7.20. The first kappa shape index (κ1) is 16.6. The highest BCUT2D eigenvalue weighted by Crippen LogP contribution is 2.31. The van der Waals surface area contributed by atoms with Crippen LogP contribution in [-0.4, -0.2) is 30.9 Å².